The van der Waals surface area contributed by atoms with Gasteiger partial charge in [0.15, 0.2) is 0 Å². The number of carbonyl (C=O) groups is 1. The Hall–Kier alpha value is -2.57. The maximum absolute atomic E-state index is 13.1. The summed E-state index contributed by atoms with van der Waals surface area (Å²) < 4.78 is 5.36. The van der Waals surface area contributed by atoms with Crippen LogP contribution in [-0.2, 0) is 6.54 Å². The van der Waals surface area contributed by atoms with Crippen molar-refractivity contribution in [2.24, 2.45) is 0 Å². The molecule has 0 aliphatic carbocycles. The highest BCUT2D eigenvalue weighted by Gasteiger charge is 2.21. The van der Waals surface area contributed by atoms with E-state index in [1.807, 2.05) is 36.4 Å². The Morgan fingerprint density at radius 2 is 2.00 bits per heavy atom. The van der Waals surface area contributed by atoms with Gasteiger partial charge in [-0.05, 0) is 42.2 Å². The SMILES string of the molecule is C=CCN(Cc1nc(-c2ccc(Cl)cc2)no1)C(=O)c1ccccc1SCC. The van der Waals surface area contributed by atoms with E-state index in [-0.39, 0.29) is 12.5 Å². The quantitative estimate of drug-likeness (QED) is 0.369. The van der Waals surface area contributed by atoms with Crippen LogP contribution < -0.4 is 0 Å². The molecule has 1 amide bonds. The molecule has 1 heterocycles. The minimum Gasteiger partial charge on any atom is -0.337 e. The van der Waals surface area contributed by atoms with Crippen molar-refractivity contribution in [2.45, 2.75) is 18.4 Å². The Bertz CT molecular complexity index is 956. The molecule has 144 valence electrons. The minimum atomic E-state index is -0.0947. The summed E-state index contributed by atoms with van der Waals surface area (Å²) in [6.45, 7) is 6.40. The van der Waals surface area contributed by atoms with Crippen LogP contribution in [0.2, 0.25) is 5.02 Å². The van der Waals surface area contributed by atoms with Crippen LogP contribution in [0.15, 0.2) is 70.6 Å². The third kappa shape index (κ3) is 4.82. The van der Waals surface area contributed by atoms with Gasteiger partial charge in [0.1, 0.15) is 6.54 Å². The zero-order chi connectivity index (χ0) is 19.9. The summed E-state index contributed by atoms with van der Waals surface area (Å²) in [7, 11) is 0. The number of aromatic nitrogens is 2. The van der Waals surface area contributed by atoms with Crippen LogP contribution in [0, 0.1) is 0 Å². The fraction of sp³-hybridized carbons (Fsp3) is 0.190. The normalized spacial score (nSPS) is 10.6. The fourth-order valence-corrected chi connectivity index (χ4v) is 3.59. The molecule has 28 heavy (non-hydrogen) atoms. The Balaban J connectivity index is 1.81. The molecule has 0 bridgehead atoms. The summed E-state index contributed by atoms with van der Waals surface area (Å²) in [5, 5.41) is 4.65. The zero-order valence-electron chi connectivity index (χ0n) is 15.5. The van der Waals surface area contributed by atoms with E-state index >= 15 is 0 Å². The van der Waals surface area contributed by atoms with E-state index in [1.165, 1.54) is 0 Å². The second-order valence-electron chi connectivity index (χ2n) is 5.92. The van der Waals surface area contributed by atoms with Crippen molar-refractivity contribution in [1.29, 1.82) is 0 Å². The molecule has 0 saturated carbocycles. The minimum absolute atomic E-state index is 0.0947. The molecule has 0 spiro atoms. The summed E-state index contributed by atoms with van der Waals surface area (Å²) in [6, 6.07) is 14.8. The first-order valence-corrected chi connectivity index (χ1v) is 10.2. The molecule has 7 heteroatoms. The molecule has 3 aromatic rings. The number of thioether (sulfide) groups is 1. The highest BCUT2D eigenvalue weighted by molar-refractivity contribution is 7.99. The van der Waals surface area contributed by atoms with E-state index in [0.717, 1.165) is 16.2 Å². The second-order valence-corrected chi connectivity index (χ2v) is 7.66. The van der Waals surface area contributed by atoms with Gasteiger partial charge in [-0.3, -0.25) is 4.79 Å². The molecule has 0 atom stereocenters. The molecule has 3 rings (SSSR count). The lowest BCUT2D eigenvalue weighted by molar-refractivity contribution is 0.0742. The van der Waals surface area contributed by atoms with Gasteiger partial charge in [0, 0.05) is 22.0 Å². The third-order valence-electron chi connectivity index (χ3n) is 3.95. The topological polar surface area (TPSA) is 59.2 Å². The first-order chi connectivity index (χ1) is 13.6. The lowest BCUT2D eigenvalue weighted by atomic mass is 10.2. The summed E-state index contributed by atoms with van der Waals surface area (Å²) in [4.78, 5) is 20.1. The molecule has 0 fully saturated rings. The van der Waals surface area contributed by atoms with Crippen LogP contribution in [0.5, 0.6) is 0 Å². The number of hydrogen-bond acceptors (Lipinski definition) is 5. The van der Waals surface area contributed by atoms with Gasteiger partial charge in [0.05, 0.1) is 5.56 Å². The number of hydrogen-bond donors (Lipinski definition) is 0. The van der Waals surface area contributed by atoms with Crippen LogP contribution in [0.25, 0.3) is 11.4 Å². The highest BCUT2D eigenvalue weighted by Crippen LogP contribution is 2.24. The van der Waals surface area contributed by atoms with Gasteiger partial charge in [-0.15, -0.1) is 18.3 Å². The molecule has 2 aromatic carbocycles. The van der Waals surface area contributed by atoms with Crippen molar-refractivity contribution >= 4 is 29.3 Å². The number of benzene rings is 2. The molecule has 0 unspecified atom stereocenters. The number of halogens is 1. The van der Waals surface area contributed by atoms with Crippen molar-refractivity contribution in [3.8, 4) is 11.4 Å². The Labute approximate surface area is 173 Å². The Kier molecular flexibility index (Phi) is 6.90. The largest absolute Gasteiger partial charge is 0.337 e. The van der Waals surface area contributed by atoms with E-state index in [1.54, 1.807) is 34.9 Å². The number of carbonyl (C=O) groups excluding carboxylic acids is 1. The zero-order valence-corrected chi connectivity index (χ0v) is 17.0. The molecule has 0 aliphatic rings. The van der Waals surface area contributed by atoms with Crippen molar-refractivity contribution in [3.05, 3.63) is 77.7 Å². The standard InChI is InChI=1S/C21H20ClN3O2S/c1-3-13-25(21(26)17-7-5-6-8-18(17)28-4-2)14-19-23-20(24-27-19)15-9-11-16(22)12-10-15/h3,5-12H,1,4,13-14H2,2H3. The van der Waals surface area contributed by atoms with E-state index in [2.05, 4.69) is 23.6 Å². The predicted molar refractivity (Wildman–Crippen MR) is 113 cm³/mol. The highest BCUT2D eigenvalue weighted by atomic mass is 35.5. The summed E-state index contributed by atoms with van der Waals surface area (Å²) in [6.07, 6.45) is 1.68. The molecular weight excluding hydrogens is 394 g/mol. The predicted octanol–water partition coefficient (Wildman–Crippen LogP) is 5.33. The number of nitrogens with zero attached hydrogens (tertiary/aromatic N) is 3. The maximum Gasteiger partial charge on any atom is 0.255 e. The van der Waals surface area contributed by atoms with Gasteiger partial charge in [0.2, 0.25) is 11.7 Å². The van der Waals surface area contributed by atoms with Gasteiger partial charge in [-0.25, -0.2) is 0 Å². The smallest absolute Gasteiger partial charge is 0.255 e. The van der Waals surface area contributed by atoms with Crippen molar-refractivity contribution < 1.29 is 9.32 Å². The van der Waals surface area contributed by atoms with Gasteiger partial charge < -0.3 is 9.42 Å². The van der Waals surface area contributed by atoms with Gasteiger partial charge >= 0.3 is 0 Å². The van der Waals surface area contributed by atoms with E-state index < -0.39 is 0 Å². The van der Waals surface area contributed by atoms with Crippen molar-refractivity contribution in [3.63, 3.8) is 0 Å². The molecular formula is C21H20ClN3O2S. The van der Waals surface area contributed by atoms with Crippen LogP contribution in [0.3, 0.4) is 0 Å². The molecule has 0 radical (unpaired) electrons. The summed E-state index contributed by atoms with van der Waals surface area (Å²) in [5.41, 5.74) is 1.46. The van der Waals surface area contributed by atoms with Crippen LogP contribution in [0.1, 0.15) is 23.2 Å². The summed E-state index contributed by atoms with van der Waals surface area (Å²) in [5.74, 6) is 1.61. The second kappa shape index (κ2) is 9.57. The first-order valence-electron chi connectivity index (χ1n) is 8.83. The molecule has 5 nitrogen and oxygen atoms in total. The first kappa shape index (κ1) is 20.2. The van der Waals surface area contributed by atoms with Gasteiger partial charge in [-0.1, -0.05) is 41.9 Å². The van der Waals surface area contributed by atoms with Gasteiger partial charge in [0.25, 0.3) is 5.91 Å². The molecule has 0 N–H and O–H groups in total. The van der Waals surface area contributed by atoms with E-state index in [9.17, 15) is 4.79 Å². The van der Waals surface area contributed by atoms with E-state index in [0.29, 0.717) is 28.8 Å². The van der Waals surface area contributed by atoms with Crippen LogP contribution >= 0.6 is 23.4 Å². The summed E-state index contributed by atoms with van der Waals surface area (Å²) >= 11 is 7.56. The van der Waals surface area contributed by atoms with Crippen molar-refractivity contribution in [1.82, 2.24) is 15.0 Å². The molecule has 0 saturated heterocycles. The molecule has 1 aromatic heterocycles. The maximum atomic E-state index is 13.1. The number of amides is 1. The average Bonchev–Trinajstić information content (AvgIpc) is 3.17. The van der Waals surface area contributed by atoms with Crippen LogP contribution in [-0.4, -0.2) is 33.2 Å². The lowest BCUT2D eigenvalue weighted by Gasteiger charge is -2.20. The van der Waals surface area contributed by atoms with Gasteiger partial charge in [-0.2, -0.15) is 4.98 Å². The van der Waals surface area contributed by atoms with Crippen molar-refractivity contribution in [2.75, 3.05) is 12.3 Å². The lowest BCUT2D eigenvalue weighted by Crippen LogP contribution is -2.31. The monoisotopic (exact) mass is 413 g/mol. The Morgan fingerprint density at radius 1 is 1.25 bits per heavy atom. The number of rotatable bonds is 8. The third-order valence-corrected chi connectivity index (χ3v) is 5.16. The Morgan fingerprint density at radius 3 is 2.71 bits per heavy atom. The van der Waals surface area contributed by atoms with E-state index in [4.69, 9.17) is 16.1 Å². The van der Waals surface area contributed by atoms with Crippen LogP contribution in [0.4, 0.5) is 0 Å². The average molecular weight is 414 g/mol. The molecule has 0 aliphatic heterocycles. The fourth-order valence-electron chi connectivity index (χ4n) is 2.67.